The van der Waals surface area contributed by atoms with E-state index in [0.29, 0.717) is 25.7 Å². The van der Waals surface area contributed by atoms with E-state index in [4.69, 9.17) is 18.5 Å². The van der Waals surface area contributed by atoms with Crippen LogP contribution in [0, 0.1) is 0 Å². The fraction of sp³-hybridized carbons (Fsp3) is 0.787. The highest BCUT2D eigenvalue weighted by Crippen LogP contribution is 2.49. The van der Waals surface area contributed by atoms with Crippen LogP contribution in [0.5, 0.6) is 0 Å². The number of aliphatic hydroxyl groups is 5. The molecule has 0 aromatic heterocycles. The van der Waals surface area contributed by atoms with Crippen molar-refractivity contribution in [2.75, 3.05) is 13.2 Å². The zero-order valence-corrected chi connectivity index (χ0v) is 41.3. The van der Waals surface area contributed by atoms with Crippen molar-refractivity contribution in [1.82, 2.24) is 0 Å². The maximum absolute atomic E-state index is 13.0. The lowest BCUT2D eigenvalue weighted by molar-refractivity contribution is -0.216. The minimum atomic E-state index is -5.38. The van der Waals surface area contributed by atoms with E-state index in [0.717, 1.165) is 57.8 Å². The summed E-state index contributed by atoms with van der Waals surface area (Å²) in [6, 6.07) is 0. The van der Waals surface area contributed by atoms with E-state index in [1.807, 2.05) is 48.6 Å². The Hall–Kier alpha value is -2.08. The third-order valence-electron chi connectivity index (χ3n) is 11.0. The fourth-order valence-corrected chi connectivity index (χ4v) is 8.69. The first kappa shape index (κ1) is 61.9. The predicted molar refractivity (Wildman–Crippen MR) is 252 cm³/mol. The molecule has 0 aromatic carbocycles. The molecule has 1 rings (SSSR count). The van der Waals surface area contributed by atoms with E-state index >= 15 is 0 Å². The average Bonchev–Trinajstić information content (AvgIpc) is 3.27. The molecule has 0 heterocycles. The number of hydrogen-bond acceptors (Lipinski definition) is 14. The van der Waals surface area contributed by atoms with Crippen LogP contribution >= 0.6 is 15.6 Å². The van der Waals surface area contributed by atoms with Crippen molar-refractivity contribution in [3.05, 3.63) is 48.6 Å². The summed E-state index contributed by atoms with van der Waals surface area (Å²) >= 11 is 0. The van der Waals surface area contributed by atoms with Gasteiger partial charge in [-0.05, 0) is 44.9 Å². The monoisotopic (exact) mass is 983 g/mol. The van der Waals surface area contributed by atoms with Crippen LogP contribution in [-0.2, 0) is 41.8 Å². The molecule has 8 N–H and O–H groups in total. The zero-order chi connectivity index (χ0) is 49.1. The molecule has 0 bridgehead atoms. The van der Waals surface area contributed by atoms with Crippen LogP contribution in [-0.4, -0.2) is 114 Å². The standard InChI is InChI=1S/C47H84O17P2/c1-3-5-7-8-9-10-11-12-13-14-18-21-24-27-30-34-40(49)60-36-39(37-61-66(58,59)64-47-44(53)42(51)43(52)46(45(47)54)63-65(55,56)57)62-41(50)35-31-28-25-22-19-16-15-17-20-23-26-29-33-38(48)32-6-4-2/h15-16,20,22-23,25,29,33,38-39,42-48,51-54H,3-14,17-19,21,24,26-28,30-32,34-37H2,1-2H3,(H,58,59)(H2,55,56,57)/b16-15-,23-20-,25-22-,33-29-/t38-,39-,42?,43?,44?,45?,46-,47+/m1/s1. The molecule has 1 aliphatic carbocycles. The Morgan fingerprint density at radius 1 is 0.545 bits per heavy atom. The molecule has 0 aliphatic heterocycles. The van der Waals surface area contributed by atoms with Crippen molar-refractivity contribution in [2.24, 2.45) is 0 Å². The number of allylic oxidation sites excluding steroid dienone is 7. The summed E-state index contributed by atoms with van der Waals surface area (Å²) in [5.41, 5.74) is 0. The first-order valence-corrected chi connectivity index (χ1v) is 27.3. The van der Waals surface area contributed by atoms with Crippen LogP contribution in [0.3, 0.4) is 0 Å². The molecular weight excluding hydrogens is 898 g/mol. The minimum Gasteiger partial charge on any atom is -0.462 e. The number of rotatable bonds is 40. The van der Waals surface area contributed by atoms with E-state index in [-0.39, 0.29) is 12.8 Å². The Kier molecular flexibility index (Phi) is 35.4. The SMILES string of the molecule is CCCCCCCCCCCCCCCCCC(=O)OC[C@H](COP(=O)(O)O[C@H]1C(O)C(O)C(O)[C@@H](OP(=O)(O)O)C1O)OC(=O)CCC/C=C\C/C=C\C/C=C\C/C=C\[C@H](O)CCCC. The third kappa shape index (κ3) is 31.9. The van der Waals surface area contributed by atoms with Gasteiger partial charge in [-0.1, -0.05) is 165 Å². The second-order valence-corrected chi connectivity index (χ2v) is 19.6. The van der Waals surface area contributed by atoms with Gasteiger partial charge in [0.1, 0.15) is 43.2 Å². The highest BCUT2D eigenvalue weighted by Gasteiger charge is 2.54. The van der Waals surface area contributed by atoms with E-state index in [1.165, 1.54) is 64.2 Å². The predicted octanol–water partition coefficient (Wildman–Crippen LogP) is 8.26. The molecule has 9 atom stereocenters. The summed E-state index contributed by atoms with van der Waals surface area (Å²) in [5.74, 6) is -1.29. The van der Waals surface area contributed by atoms with Gasteiger partial charge in [0.25, 0.3) is 0 Å². The Balaban J connectivity index is 2.63. The first-order chi connectivity index (χ1) is 31.5. The second-order valence-electron chi connectivity index (χ2n) is 17.0. The number of unbranched alkanes of at least 4 members (excludes halogenated alkanes) is 16. The van der Waals surface area contributed by atoms with Crippen LogP contribution < -0.4 is 0 Å². The van der Waals surface area contributed by atoms with Crippen molar-refractivity contribution in [1.29, 1.82) is 0 Å². The first-order valence-electron chi connectivity index (χ1n) is 24.3. The molecule has 66 heavy (non-hydrogen) atoms. The maximum Gasteiger partial charge on any atom is 0.472 e. The van der Waals surface area contributed by atoms with Gasteiger partial charge in [-0.25, -0.2) is 9.13 Å². The number of carbonyl (C=O) groups excluding carboxylic acids is 2. The lowest BCUT2D eigenvalue weighted by Gasteiger charge is -2.43. The van der Waals surface area contributed by atoms with Crippen molar-refractivity contribution < 1.29 is 82.0 Å². The van der Waals surface area contributed by atoms with Gasteiger partial charge in [0.2, 0.25) is 0 Å². The summed E-state index contributed by atoms with van der Waals surface area (Å²) < 4.78 is 49.3. The van der Waals surface area contributed by atoms with Gasteiger partial charge >= 0.3 is 27.6 Å². The van der Waals surface area contributed by atoms with Gasteiger partial charge < -0.3 is 49.7 Å². The van der Waals surface area contributed by atoms with Gasteiger partial charge in [-0.2, -0.15) is 0 Å². The summed E-state index contributed by atoms with van der Waals surface area (Å²) in [6.07, 6.45) is 24.0. The topological polar surface area (TPSA) is 276 Å². The fourth-order valence-electron chi connectivity index (χ4n) is 7.15. The minimum absolute atomic E-state index is 0.0481. The summed E-state index contributed by atoms with van der Waals surface area (Å²) in [4.78, 5) is 54.3. The number of phosphoric acid groups is 2. The largest absolute Gasteiger partial charge is 0.472 e. The number of carbonyl (C=O) groups is 2. The molecule has 19 heteroatoms. The Labute approximate surface area is 393 Å². The van der Waals surface area contributed by atoms with Gasteiger partial charge in [0.05, 0.1) is 12.7 Å². The number of aliphatic hydroxyl groups excluding tert-OH is 5. The van der Waals surface area contributed by atoms with Gasteiger partial charge in [0.15, 0.2) is 6.10 Å². The molecule has 17 nitrogen and oxygen atoms in total. The van der Waals surface area contributed by atoms with Gasteiger partial charge in [0, 0.05) is 12.8 Å². The van der Waals surface area contributed by atoms with Crippen molar-refractivity contribution in [2.45, 2.75) is 223 Å². The lowest BCUT2D eigenvalue weighted by atomic mass is 9.85. The van der Waals surface area contributed by atoms with Crippen LogP contribution in [0.15, 0.2) is 48.6 Å². The normalized spacial score (nSPS) is 22.4. The molecule has 5 unspecified atom stereocenters. The average molecular weight is 983 g/mol. The van der Waals surface area contributed by atoms with Crippen LogP contribution in [0.2, 0.25) is 0 Å². The van der Waals surface area contributed by atoms with Crippen molar-refractivity contribution >= 4 is 27.6 Å². The van der Waals surface area contributed by atoms with E-state index in [9.17, 15) is 58.9 Å². The Bertz CT molecular complexity index is 1480. The van der Waals surface area contributed by atoms with E-state index < -0.39 is 89.6 Å². The van der Waals surface area contributed by atoms with Gasteiger partial charge in [-0.3, -0.25) is 23.2 Å². The number of hydrogen-bond donors (Lipinski definition) is 8. The molecule has 0 saturated heterocycles. The van der Waals surface area contributed by atoms with E-state index in [2.05, 4.69) is 18.4 Å². The molecule has 1 aliphatic rings. The van der Waals surface area contributed by atoms with E-state index in [1.54, 1.807) is 0 Å². The van der Waals surface area contributed by atoms with Crippen LogP contribution in [0.25, 0.3) is 0 Å². The Morgan fingerprint density at radius 3 is 1.55 bits per heavy atom. The summed E-state index contributed by atoms with van der Waals surface area (Å²) in [6.45, 7) is 2.92. The smallest absolute Gasteiger partial charge is 0.462 e. The van der Waals surface area contributed by atoms with Gasteiger partial charge in [-0.15, -0.1) is 0 Å². The molecule has 1 fully saturated rings. The number of ether oxygens (including phenoxy) is 2. The third-order valence-corrected chi connectivity index (χ3v) is 12.5. The maximum atomic E-state index is 13.0. The number of esters is 2. The highest BCUT2D eigenvalue weighted by atomic mass is 31.2. The molecule has 0 radical (unpaired) electrons. The molecule has 1 saturated carbocycles. The Morgan fingerprint density at radius 2 is 1.02 bits per heavy atom. The summed E-state index contributed by atoms with van der Waals surface area (Å²) in [7, 11) is -10.7. The quantitative estimate of drug-likeness (QED) is 0.0124. The molecule has 0 spiro atoms. The molecule has 0 amide bonds. The number of phosphoric ester groups is 2. The molecule has 384 valence electrons. The summed E-state index contributed by atoms with van der Waals surface area (Å²) in [5, 5.41) is 51.1. The highest BCUT2D eigenvalue weighted by molar-refractivity contribution is 7.47. The van der Waals surface area contributed by atoms with Crippen molar-refractivity contribution in [3.8, 4) is 0 Å². The van der Waals surface area contributed by atoms with Crippen LogP contribution in [0.4, 0.5) is 0 Å². The zero-order valence-electron chi connectivity index (χ0n) is 39.5. The van der Waals surface area contributed by atoms with Crippen LogP contribution in [0.1, 0.15) is 174 Å². The van der Waals surface area contributed by atoms with Crippen molar-refractivity contribution in [3.63, 3.8) is 0 Å². The molecule has 0 aromatic rings. The molecular formula is C47H84O17P2. The lowest BCUT2D eigenvalue weighted by Crippen LogP contribution is -2.64. The second kappa shape index (κ2) is 37.8.